The Labute approximate surface area is 163 Å². The summed E-state index contributed by atoms with van der Waals surface area (Å²) in [5, 5.41) is 1.60. The van der Waals surface area contributed by atoms with E-state index in [0.29, 0.717) is 22.9 Å². The van der Waals surface area contributed by atoms with Crippen LogP contribution in [0.1, 0.15) is 0 Å². The summed E-state index contributed by atoms with van der Waals surface area (Å²) in [6.45, 7) is 0.177. The van der Waals surface area contributed by atoms with Crippen molar-refractivity contribution in [3.63, 3.8) is 0 Å². The second kappa shape index (κ2) is 8.46. The molecule has 0 spiro atoms. The van der Waals surface area contributed by atoms with Crippen LogP contribution in [0.3, 0.4) is 0 Å². The Bertz CT molecular complexity index is 916. The lowest BCUT2D eigenvalue weighted by Crippen LogP contribution is -2.45. The molecule has 0 aliphatic carbocycles. The molecule has 4 N–H and O–H groups in total. The van der Waals surface area contributed by atoms with Gasteiger partial charge >= 0.3 is 0 Å². The van der Waals surface area contributed by atoms with E-state index in [-0.39, 0.29) is 6.54 Å². The summed E-state index contributed by atoms with van der Waals surface area (Å²) in [4.78, 5) is 12.6. The van der Waals surface area contributed by atoms with Crippen molar-refractivity contribution in [3.8, 4) is 11.5 Å². The van der Waals surface area contributed by atoms with Crippen LogP contribution in [0.5, 0.6) is 11.5 Å². The lowest BCUT2D eigenvalue weighted by atomic mass is 10.1. The lowest BCUT2D eigenvalue weighted by Gasteiger charge is -2.19. The van der Waals surface area contributed by atoms with Gasteiger partial charge in [-0.25, -0.2) is 13.8 Å². The molecule has 0 radical (unpaired) electrons. The van der Waals surface area contributed by atoms with Gasteiger partial charge in [0, 0.05) is 17.9 Å². The quantitative estimate of drug-likeness (QED) is 0.544. The van der Waals surface area contributed by atoms with Crippen molar-refractivity contribution in [3.05, 3.63) is 48.5 Å². The average Bonchev–Trinajstić information content (AvgIpc) is 3.20. The van der Waals surface area contributed by atoms with Crippen LogP contribution in [0.4, 0.5) is 11.4 Å². The van der Waals surface area contributed by atoms with Crippen molar-refractivity contribution in [1.29, 1.82) is 0 Å². The highest BCUT2D eigenvalue weighted by Gasteiger charge is 2.41. The van der Waals surface area contributed by atoms with Gasteiger partial charge in [0.25, 0.3) is 10.0 Å². The monoisotopic (exact) mass is 406 g/mol. The first kappa shape index (κ1) is 19.9. The molecule has 10 heteroatoms. The summed E-state index contributed by atoms with van der Waals surface area (Å²) in [7, 11) is -0.798. The molecule has 0 bridgehead atoms. The topological polar surface area (TPSA) is 118 Å². The maximum Gasteiger partial charge on any atom is 0.250 e. The fraction of sp³-hybridized carbons (Fsp3) is 0.278. The second-order valence-electron chi connectivity index (χ2n) is 6.15. The molecule has 1 saturated heterocycles. The van der Waals surface area contributed by atoms with Crippen molar-refractivity contribution in [2.24, 2.45) is 5.92 Å². The standard InChI is InChI=1S/C18H22N4O5S/c1-26-14-7-3-12(4-8-14)20-17(23)16-11-19-21-18(16)28(24,25)22-13-5-9-15(27-2)10-6-13/h3-10,16,18-19,21-22H,11H2,1-2H3,(H,20,23). The van der Waals surface area contributed by atoms with E-state index in [4.69, 9.17) is 9.47 Å². The van der Waals surface area contributed by atoms with Crippen LogP contribution in [-0.4, -0.2) is 40.5 Å². The molecule has 2 aromatic carbocycles. The Hall–Kier alpha value is -2.82. The number of benzene rings is 2. The molecule has 1 aliphatic heterocycles. The Balaban J connectivity index is 1.70. The van der Waals surface area contributed by atoms with Crippen LogP contribution in [0.15, 0.2) is 48.5 Å². The normalized spacial score (nSPS) is 19.1. The molecule has 1 amide bonds. The summed E-state index contributed by atoms with van der Waals surface area (Å²) >= 11 is 0. The smallest absolute Gasteiger partial charge is 0.250 e. The fourth-order valence-electron chi connectivity index (χ4n) is 2.80. The lowest BCUT2D eigenvalue weighted by molar-refractivity contribution is -0.119. The number of nitrogens with one attached hydrogen (secondary N) is 4. The highest BCUT2D eigenvalue weighted by molar-refractivity contribution is 7.93. The van der Waals surface area contributed by atoms with Gasteiger partial charge < -0.3 is 14.8 Å². The van der Waals surface area contributed by atoms with Crippen LogP contribution >= 0.6 is 0 Å². The van der Waals surface area contributed by atoms with Gasteiger partial charge in [-0.15, -0.1) is 0 Å². The molecule has 9 nitrogen and oxygen atoms in total. The fourth-order valence-corrected chi connectivity index (χ4v) is 4.28. The molecule has 3 rings (SSSR count). The molecule has 0 saturated carbocycles. The average molecular weight is 406 g/mol. The number of hydrazine groups is 1. The van der Waals surface area contributed by atoms with Crippen molar-refractivity contribution >= 4 is 27.3 Å². The molecular weight excluding hydrogens is 384 g/mol. The Morgan fingerprint density at radius 1 is 0.964 bits per heavy atom. The van der Waals surface area contributed by atoms with Gasteiger partial charge in [0.05, 0.1) is 20.1 Å². The highest BCUT2D eigenvalue weighted by atomic mass is 32.2. The molecule has 2 unspecified atom stereocenters. The molecule has 2 atom stereocenters. The van der Waals surface area contributed by atoms with Crippen LogP contribution in [0.2, 0.25) is 0 Å². The zero-order valence-electron chi connectivity index (χ0n) is 15.4. The minimum Gasteiger partial charge on any atom is -0.497 e. The summed E-state index contributed by atoms with van der Waals surface area (Å²) in [5.74, 6) is 0.0392. The van der Waals surface area contributed by atoms with Crippen molar-refractivity contribution < 1.29 is 22.7 Å². The van der Waals surface area contributed by atoms with Gasteiger partial charge in [-0.2, -0.15) is 0 Å². The van der Waals surface area contributed by atoms with Crippen LogP contribution < -0.4 is 30.4 Å². The van der Waals surface area contributed by atoms with E-state index < -0.39 is 27.2 Å². The van der Waals surface area contributed by atoms with Gasteiger partial charge in [-0.05, 0) is 48.5 Å². The SMILES string of the molecule is COc1ccc(NC(=O)C2CNNC2S(=O)(=O)Nc2ccc(OC)cc2)cc1. The number of anilines is 2. The predicted octanol–water partition coefficient (Wildman–Crippen LogP) is 1.13. The molecule has 1 aliphatic rings. The van der Waals surface area contributed by atoms with E-state index in [1.54, 1.807) is 55.6 Å². The third-order valence-corrected chi connectivity index (χ3v) is 5.95. The zero-order valence-corrected chi connectivity index (χ0v) is 16.2. The zero-order chi connectivity index (χ0) is 20.1. The van der Waals surface area contributed by atoms with Gasteiger partial charge in [-0.1, -0.05) is 0 Å². The van der Waals surface area contributed by atoms with E-state index in [0.717, 1.165) is 0 Å². The number of hydrogen-bond acceptors (Lipinski definition) is 7. The van der Waals surface area contributed by atoms with Gasteiger partial charge in [-0.3, -0.25) is 14.9 Å². The van der Waals surface area contributed by atoms with E-state index in [1.807, 2.05) is 0 Å². The maximum atomic E-state index is 12.8. The number of amides is 1. The second-order valence-corrected chi connectivity index (χ2v) is 7.95. The third-order valence-electron chi connectivity index (χ3n) is 4.31. The van der Waals surface area contributed by atoms with Gasteiger partial charge in [0.15, 0.2) is 5.37 Å². The molecule has 0 aromatic heterocycles. The molecule has 28 heavy (non-hydrogen) atoms. The van der Waals surface area contributed by atoms with Crippen LogP contribution in [0, 0.1) is 5.92 Å². The van der Waals surface area contributed by atoms with Crippen LogP contribution in [0.25, 0.3) is 0 Å². The molecule has 1 heterocycles. The molecule has 2 aromatic rings. The number of rotatable bonds is 7. The molecule has 1 fully saturated rings. The van der Waals surface area contributed by atoms with E-state index in [1.165, 1.54) is 7.11 Å². The molecular formula is C18H22N4O5S. The summed E-state index contributed by atoms with van der Waals surface area (Å²) in [5.41, 5.74) is 6.35. The minimum atomic E-state index is -3.88. The van der Waals surface area contributed by atoms with Crippen LogP contribution in [-0.2, 0) is 14.8 Å². The van der Waals surface area contributed by atoms with Gasteiger partial charge in [0.1, 0.15) is 11.5 Å². The first-order valence-electron chi connectivity index (χ1n) is 8.52. The summed E-state index contributed by atoms with van der Waals surface area (Å²) in [6, 6.07) is 13.3. The van der Waals surface area contributed by atoms with Crippen molar-refractivity contribution in [2.75, 3.05) is 30.8 Å². The predicted molar refractivity (Wildman–Crippen MR) is 106 cm³/mol. The van der Waals surface area contributed by atoms with E-state index in [9.17, 15) is 13.2 Å². The Kier molecular flexibility index (Phi) is 6.02. The Morgan fingerprint density at radius 3 is 2.04 bits per heavy atom. The largest absolute Gasteiger partial charge is 0.497 e. The maximum absolute atomic E-state index is 12.8. The summed E-state index contributed by atoms with van der Waals surface area (Å²) in [6.07, 6.45) is 0. The number of carbonyl (C=O) groups is 1. The summed E-state index contributed by atoms with van der Waals surface area (Å²) < 4.78 is 38.2. The number of methoxy groups -OCH3 is 2. The van der Waals surface area contributed by atoms with E-state index >= 15 is 0 Å². The highest BCUT2D eigenvalue weighted by Crippen LogP contribution is 2.22. The number of ether oxygens (including phenoxy) is 2. The van der Waals surface area contributed by atoms with Crippen molar-refractivity contribution in [2.45, 2.75) is 5.37 Å². The number of sulfonamides is 1. The van der Waals surface area contributed by atoms with E-state index in [2.05, 4.69) is 20.9 Å². The Morgan fingerprint density at radius 2 is 1.50 bits per heavy atom. The third kappa shape index (κ3) is 4.53. The minimum absolute atomic E-state index is 0.177. The first-order chi connectivity index (χ1) is 13.4. The number of hydrogen-bond donors (Lipinski definition) is 4. The molecule has 150 valence electrons. The van der Waals surface area contributed by atoms with Gasteiger partial charge in [0.2, 0.25) is 5.91 Å². The first-order valence-corrected chi connectivity index (χ1v) is 10.1. The number of carbonyl (C=O) groups excluding carboxylic acids is 1. The van der Waals surface area contributed by atoms with Crippen molar-refractivity contribution in [1.82, 2.24) is 10.9 Å².